The van der Waals surface area contributed by atoms with E-state index in [1.807, 2.05) is 67.6 Å². The first-order chi connectivity index (χ1) is 12.7. The van der Waals surface area contributed by atoms with E-state index < -0.39 is 0 Å². The van der Waals surface area contributed by atoms with E-state index in [1.54, 1.807) is 24.3 Å². The first kappa shape index (κ1) is 17.5. The quantitative estimate of drug-likeness (QED) is 0.713. The Morgan fingerprint density at radius 2 is 1.81 bits per heavy atom. The predicted molar refractivity (Wildman–Crippen MR) is 104 cm³/mol. The number of carbonyl (C=O) groups excluding carboxylic acids is 1. The Kier molecular flexibility index (Phi) is 5.49. The molecule has 5 heteroatoms. The highest BCUT2D eigenvalue weighted by atomic mass is 16.5. The maximum atomic E-state index is 12.9. The zero-order valence-electron chi connectivity index (χ0n) is 14.8. The van der Waals surface area contributed by atoms with Crippen molar-refractivity contribution in [2.45, 2.75) is 6.92 Å². The number of rotatable bonds is 6. The molecule has 0 fully saturated rings. The Labute approximate surface area is 153 Å². The van der Waals surface area contributed by atoms with Crippen LogP contribution in [0.15, 0.2) is 72.9 Å². The zero-order valence-corrected chi connectivity index (χ0v) is 14.8. The monoisotopic (exact) mass is 347 g/mol. The number of amides is 1. The van der Waals surface area contributed by atoms with Gasteiger partial charge in [-0.15, -0.1) is 0 Å². The molecule has 0 bridgehead atoms. The molecule has 26 heavy (non-hydrogen) atoms. The second-order valence-electron chi connectivity index (χ2n) is 5.67. The fraction of sp³-hybridized carbons (Fsp3) is 0.143. The van der Waals surface area contributed by atoms with Crippen LogP contribution < -0.4 is 15.0 Å². The summed E-state index contributed by atoms with van der Waals surface area (Å²) in [5.41, 5.74) is 2.92. The van der Waals surface area contributed by atoms with Crippen LogP contribution in [0.2, 0.25) is 0 Å². The minimum Gasteiger partial charge on any atom is -0.497 e. The maximum absolute atomic E-state index is 12.9. The number of methoxy groups -OCH3 is 1. The number of anilines is 3. The van der Waals surface area contributed by atoms with E-state index in [-0.39, 0.29) is 5.91 Å². The highest BCUT2D eigenvalue weighted by Gasteiger charge is 2.17. The molecule has 0 aliphatic heterocycles. The highest BCUT2D eigenvalue weighted by Crippen LogP contribution is 2.22. The van der Waals surface area contributed by atoms with Gasteiger partial charge in [-0.3, -0.25) is 9.78 Å². The lowest BCUT2D eigenvalue weighted by molar-refractivity contribution is 0.0983. The van der Waals surface area contributed by atoms with E-state index in [0.717, 1.165) is 22.8 Å². The van der Waals surface area contributed by atoms with Gasteiger partial charge in [-0.05, 0) is 43.3 Å². The maximum Gasteiger partial charge on any atom is 0.276 e. The van der Waals surface area contributed by atoms with Gasteiger partial charge >= 0.3 is 0 Å². The summed E-state index contributed by atoms with van der Waals surface area (Å²) in [6.07, 6.45) is 1.63. The summed E-state index contributed by atoms with van der Waals surface area (Å²) in [4.78, 5) is 18.9. The van der Waals surface area contributed by atoms with Crippen molar-refractivity contribution >= 4 is 23.0 Å². The first-order valence-electron chi connectivity index (χ1n) is 8.45. The van der Waals surface area contributed by atoms with E-state index in [2.05, 4.69) is 10.3 Å². The van der Waals surface area contributed by atoms with Gasteiger partial charge in [0, 0.05) is 35.9 Å². The van der Waals surface area contributed by atoms with Crippen molar-refractivity contribution in [3.05, 3.63) is 78.6 Å². The molecule has 132 valence electrons. The molecule has 0 aliphatic rings. The molecule has 0 saturated carbocycles. The molecule has 3 rings (SSSR count). The van der Waals surface area contributed by atoms with Gasteiger partial charge in [-0.2, -0.15) is 0 Å². The number of aromatic nitrogens is 1. The predicted octanol–water partition coefficient (Wildman–Crippen LogP) is 4.50. The highest BCUT2D eigenvalue weighted by molar-refractivity contribution is 6.05. The molecule has 0 atom stereocenters. The number of hydrogen-bond donors (Lipinski definition) is 1. The lowest BCUT2D eigenvalue weighted by atomic mass is 10.2. The lowest BCUT2D eigenvalue weighted by Crippen LogP contribution is -2.31. The largest absolute Gasteiger partial charge is 0.497 e. The van der Waals surface area contributed by atoms with Gasteiger partial charge in [0.25, 0.3) is 5.91 Å². The van der Waals surface area contributed by atoms with Crippen molar-refractivity contribution < 1.29 is 9.53 Å². The number of pyridine rings is 1. The molecule has 1 aromatic heterocycles. The Hall–Kier alpha value is -3.34. The van der Waals surface area contributed by atoms with Crippen LogP contribution in [0.1, 0.15) is 17.4 Å². The van der Waals surface area contributed by atoms with Crippen LogP contribution in [-0.2, 0) is 0 Å². The van der Waals surface area contributed by atoms with Crippen molar-refractivity contribution in [1.29, 1.82) is 0 Å². The van der Waals surface area contributed by atoms with Crippen LogP contribution in [0.4, 0.5) is 17.1 Å². The van der Waals surface area contributed by atoms with Crippen molar-refractivity contribution in [3.8, 4) is 5.75 Å². The fourth-order valence-electron chi connectivity index (χ4n) is 2.68. The van der Waals surface area contributed by atoms with Crippen LogP contribution in [0.25, 0.3) is 0 Å². The van der Waals surface area contributed by atoms with Gasteiger partial charge in [0.1, 0.15) is 11.4 Å². The molecular weight excluding hydrogens is 326 g/mol. The van der Waals surface area contributed by atoms with Crippen LogP contribution in [0.5, 0.6) is 5.75 Å². The Balaban J connectivity index is 1.83. The molecule has 0 aliphatic carbocycles. The third-order valence-electron chi connectivity index (χ3n) is 3.97. The Morgan fingerprint density at radius 3 is 2.54 bits per heavy atom. The smallest absolute Gasteiger partial charge is 0.276 e. The van der Waals surface area contributed by atoms with Crippen molar-refractivity contribution in [2.24, 2.45) is 0 Å². The van der Waals surface area contributed by atoms with E-state index in [1.165, 1.54) is 0 Å². The molecule has 0 radical (unpaired) electrons. The van der Waals surface area contributed by atoms with Crippen LogP contribution >= 0.6 is 0 Å². The number of nitrogens with zero attached hydrogens (tertiary/aromatic N) is 2. The van der Waals surface area contributed by atoms with Crippen LogP contribution in [0, 0.1) is 0 Å². The number of hydrogen-bond acceptors (Lipinski definition) is 4. The third-order valence-corrected chi connectivity index (χ3v) is 3.97. The van der Waals surface area contributed by atoms with Gasteiger partial charge in [-0.1, -0.05) is 24.3 Å². The second-order valence-corrected chi connectivity index (χ2v) is 5.67. The van der Waals surface area contributed by atoms with Gasteiger partial charge in [0.2, 0.25) is 0 Å². The Morgan fingerprint density at radius 1 is 1.04 bits per heavy atom. The lowest BCUT2D eigenvalue weighted by Gasteiger charge is -2.20. The summed E-state index contributed by atoms with van der Waals surface area (Å²) >= 11 is 0. The van der Waals surface area contributed by atoms with Crippen molar-refractivity contribution in [1.82, 2.24) is 4.98 Å². The summed E-state index contributed by atoms with van der Waals surface area (Å²) in [5.74, 6) is 0.634. The van der Waals surface area contributed by atoms with E-state index in [4.69, 9.17) is 4.74 Å². The minimum atomic E-state index is -0.131. The average Bonchev–Trinajstić information content (AvgIpc) is 2.69. The van der Waals surface area contributed by atoms with Crippen molar-refractivity contribution in [3.63, 3.8) is 0 Å². The van der Waals surface area contributed by atoms with Crippen molar-refractivity contribution in [2.75, 3.05) is 23.9 Å². The average molecular weight is 347 g/mol. The summed E-state index contributed by atoms with van der Waals surface area (Å²) < 4.78 is 5.24. The Bertz CT molecular complexity index is 881. The van der Waals surface area contributed by atoms with Crippen LogP contribution in [-0.4, -0.2) is 24.5 Å². The summed E-state index contributed by atoms with van der Waals surface area (Å²) in [6, 6.07) is 20.8. The van der Waals surface area contributed by atoms with Gasteiger partial charge in [0.05, 0.1) is 7.11 Å². The van der Waals surface area contributed by atoms with E-state index >= 15 is 0 Å². The number of benzene rings is 2. The molecule has 1 amide bonds. The van der Waals surface area contributed by atoms with E-state index in [0.29, 0.717) is 12.2 Å². The molecule has 2 aromatic carbocycles. The molecule has 5 nitrogen and oxygen atoms in total. The molecule has 0 saturated heterocycles. The zero-order chi connectivity index (χ0) is 18.4. The minimum absolute atomic E-state index is 0.131. The third kappa shape index (κ3) is 4.00. The molecule has 0 spiro atoms. The number of nitrogens with one attached hydrogen (secondary N) is 1. The topological polar surface area (TPSA) is 54.5 Å². The summed E-state index contributed by atoms with van der Waals surface area (Å²) in [6.45, 7) is 2.52. The van der Waals surface area contributed by atoms with Crippen LogP contribution in [0.3, 0.4) is 0 Å². The molecule has 3 aromatic rings. The SMILES string of the molecule is CCN(C(=O)c1cc(Nc2cccc(OC)c2)ccn1)c1ccccc1. The second kappa shape index (κ2) is 8.16. The molecular formula is C21H21N3O2. The van der Waals surface area contributed by atoms with E-state index in [9.17, 15) is 4.79 Å². The first-order valence-corrected chi connectivity index (χ1v) is 8.45. The van der Waals surface area contributed by atoms with Gasteiger partial charge in [0.15, 0.2) is 0 Å². The molecule has 1 heterocycles. The summed E-state index contributed by atoms with van der Waals surface area (Å²) in [7, 11) is 1.63. The van der Waals surface area contributed by atoms with Gasteiger partial charge in [-0.25, -0.2) is 0 Å². The summed E-state index contributed by atoms with van der Waals surface area (Å²) in [5, 5.41) is 3.28. The van der Waals surface area contributed by atoms with Gasteiger partial charge < -0.3 is 15.0 Å². The number of para-hydroxylation sites is 1. The number of ether oxygens (including phenoxy) is 1. The normalized spacial score (nSPS) is 10.2. The number of carbonyl (C=O) groups is 1. The molecule has 1 N–H and O–H groups in total. The standard InChI is InChI=1S/C21H21N3O2/c1-3-24(18-9-5-4-6-10-18)21(25)20-15-17(12-13-22-20)23-16-8-7-11-19(14-16)26-2/h4-15H,3H2,1-2H3,(H,22,23). The fourth-order valence-corrected chi connectivity index (χ4v) is 2.68. The molecule has 0 unspecified atom stereocenters.